The summed E-state index contributed by atoms with van der Waals surface area (Å²) in [5, 5.41) is 16.0. The number of rotatable bonds is 9. The van der Waals surface area contributed by atoms with E-state index in [1.807, 2.05) is 66.1 Å². The van der Waals surface area contributed by atoms with Crippen LogP contribution in [0.3, 0.4) is 0 Å². The molecule has 2 heterocycles. The lowest BCUT2D eigenvalue weighted by Gasteiger charge is -2.06. The Morgan fingerprint density at radius 3 is 2.62 bits per heavy atom. The number of nitrogens with zero attached hydrogens (tertiary/aromatic N) is 5. The highest BCUT2D eigenvalue weighted by molar-refractivity contribution is 7.99. The fraction of sp³-hybridized carbons (Fsp3) is 0.227. The smallest absolute Gasteiger partial charge is 0.296 e. The summed E-state index contributed by atoms with van der Waals surface area (Å²) in [7, 11) is 1.61. The van der Waals surface area contributed by atoms with Gasteiger partial charge in [0.1, 0.15) is 5.75 Å². The van der Waals surface area contributed by atoms with Gasteiger partial charge in [-0.2, -0.15) is 4.98 Å². The van der Waals surface area contributed by atoms with Crippen molar-refractivity contribution in [2.45, 2.75) is 25.2 Å². The molecule has 0 saturated carbocycles. The zero-order chi connectivity index (χ0) is 22.3. The maximum atomic E-state index is 12.2. The molecule has 0 aliphatic heterocycles. The normalized spacial score (nSPS) is 10.8. The monoisotopic (exact) mass is 450 g/mol. The maximum absolute atomic E-state index is 12.2. The molecule has 32 heavy (non-hydrogen) atoms. The number of nitrogens with one attached hydrogen (secondary N) is 1. The van der Waals surface area contributed by atoms with Gasteiger partial charge in [-0.1, -0.05) is 47.3 Å². The Balaban J connectivity index is 1.41. The third kappa shape index (κ3) is 4.97. The number of aromatic nitrogens is 5. The summed E-state index contributed by atoms with van der Waals surface area (Å²) in [5.41, 5.74) is 1.85. The molecule has 2 aromatic carbocycles. The van der Waals surface area contributed by atoms with E-state index in [9.17, 15) is 4.79 Å². The fourth-order valence-electron chi connectivity index (χ4n) is 2.99. The quantitative estimate of drug-likeness (QED) is 0.387. The Morgan fingerprint density at radius 1 is 1.12 bits per heavy atom. The number of thioether (sulfide) groups is 1. The highest BCUT2D eigenvalue weighted by atomic mass is 32.2. The van der Waals surface area contributed by atoms with Crippen molar-refractivity contribution in [3.8, 4) is 28.9 Å². The molecule has 1 N–H and O–H groups in total. The average Bonchev–Trinajstić information content (AvgIpc) is 3.49. The van der Waals surface area contributed by atoms with Gasteiger partial charge in [0.05, 0.1) is 12.9 Å². The topological polar surface area (TPSA) is 108 Å². The number of amides is 1. The van der Waals surface area contributed by atoms with E-state index in [1.54, 1.807) is 7.11 Å². The lowest BCUT2D eigenvalue weighted by Crippen LogP contribution is -2.24. The predicted octanol–water partition coefficient (Wildman–Crippen LogP) is 3.43. The molecule has 1 amide bonds. The number of carbonyl (C=O) groups is 1. The number of hydrogen-bond donors (Lipinski definition) is 1. The van der Waals surface area contributed by atoms with Gasteiger partial charge in [-0.25, -0.2) is 0 Å². The number of hydrogen-bond acceptors (Lipinski definition) is 8. The van der Waals surface area contributed by atoms with Crippen molar-refractivity contribution in [1.29, 1.82) is 0 Å². The Bertz CT molecular complexity index is 1170. The van der Waals surface area contributed by atoms with E-state index in [0.29, 0.717) is 29.9 Å². The van der Waals surface area contributed by atoms with E-state index in [1.165, 1.54) is 11.8 Å². The highest BCUT2D eigenvalue weighted by Crippen LogP contribution is 2.26. The molecule has 10 heteroatoms. The zero-order valence-corrected chi connectivity index (χ0v) is 18.5. The second-order valence-electron chi connectivity index (χ2n) is 6.75. The molecule has 0 aliphatic carbocycles. The molecule has 0 radical (unpaired) electrons. The fourth-order valence-corrected chi connectivity index (χ4v) is 3.82. The molecule has 0 spiro atoms. The summed E-state index contributed by atoms with van der Waals surface area (Å²) in [6.45, 7) is 3.05. The Morgan fingerprint density at radius 2 is 1.91 bits per heavy atom. The first-order valence-corrected chi connectivity index (χ1v) is 11.0. The Kier molecular flexibility index (Phi) is 6.81. The van der Waals surface area contributed by atoms with E-state index < -0.39 is 0 Å². The minimum Gasteiger partial charge on any atom is -0.497 e. The molecule has 9 nitrogen and oxygen atoms in total. The van der Waals surface area contributed by atoms with Crippen LogP contribution in [0.15, 0.2) is 64.3 Å². The molecule has 0 atom stereocenters. The molecule has 0 fully saturated rings. The third-order valence-corrected chi connectivity index (χ3v) is 5.63. The second-order valence-corrected chi connectivity index (χ2v) is 7.70. The van der Waals surface area contributed by atoms with Gasteiger partial charge in [-0.15, -0.1) is 10.2 Å². The van der Waals surface area contributed by atoms with Crippen molar-refractivity contribution in [1.82, 2.24) is 30.2 Å². The molecular weight excluding hydrogens is 428 g/mol. The first kappa shape index (κ1) is 21.6. The summed E-state index contributed by atoms with van der Waals surface area (Å²) < 4.78 is 12.4. The third-order valence-electron chi connectivity index (χ3n) is 4.66. The minimum atomic E-state index is -0.0781. The van der Waals surface area contributed by atoms with Crippen LogP contribution in [-0.2, 0) is 17.9 Å². The summed E-state index contributed by atoms with van der Waals surface area (Å²) >= 11 is 1.31. The summed E-state index contributed by atoms with van der Waals surface area (Å²) in [4.78, 5) is 16.7. The first-order valence-electron chi connectivity index (χ1n) is 10.0. The molecule has 0 aliphatic rings. The largest absolute Gasteiger partial charge is 0.497 e. The van der Waals surface area contributed by atoms with Crippen LogP contribution >= 0.6 is 11.8 Å². The van der Waals surface area contributed by atoms with Crippen LogP contribution < -0.4 is 10.1 Å². The van der Waals surface area contributed by atoms with Gasteiger partial charge in [0.2, 0.25) is 17.6 Å². The number of methoxy groups -OCH3 is 1. The molecule has 4 rings (SSSR count). The van der Waals surface area contributed by atoms with Gasteiger partial charge in [-0.3, -0.25) is 9.36 Å². The van der Waals surface area contributed by atoms with Crippen LogP contribution in [0.2, 0.25) is 0 Å². The summed E-state index contributed by atoms with van der Waals surface area (Å²) in [6, 6.07) is 17.1. The van der Waals surface area contributed by atoms with Gasteiger partial charge >= 0.3 is 0 Å². The van der Waals surface area contributed by atoms with E-state index in [4.69, 9.17) is 9.26 Å². The second kappa shape index (κ2) is 10.1. The van der Waals surface area contributed by atoms with E-state index in [-0.39, 0.29) is 17.6 Å². The van der Waals surface area contributed by atoms with Crippen molar-refractivity contribution in [2.24, 2.45) is 0 Å². The SMILES string of the molecule is CCn1c(SCC(=O)NCc2ccccc2)nnc1-c1nc(-c2ccc(OC)cc2)no1. The van der Waals surface area contributed by atoms with Crippen molar-refractivity contribution in [2.75, 3.05) is 12.9 Å². The standard InChI is InChI=1S/C22H22N6O3S/c1-3-28-20(21-24-19(27-31-21)16-9-11-17(30-2)12-10-16)25-26-22(28)32-14-18(29)23-13-15-7-5-4-6-8-15/h4-12H,3,13-14H2,1-2H3,(H,23,29). The first-order chi connectivity index (χ1) is 15.7. The Hall–Kier alpha value is -3.66. The summed E-state index contributed by atoms with van der Waals surface area (Å²) in [5.74, 6) is 2.08. The van der Waals surface area contributed by atoms with Crippen LogP contribution in [0.5, 0.6) is 5.75 Å². The van der Waals surface area contributed by atoms with Gasteiger partial charge in [0.25, 0.3) is 5.89 Å². The maximum Gasteiger partial charge on any atom is 0.296 e. The number of benzene rings is 2. The minimum absolute atomic E-state index is 0.0781. The van der Waals surface area contributed by atoms with Crippen LogP contribution in [0.1, 0.15) is 12.5 Å². The van der Waals surface area contributed by atoms with Gasteiger partial charge in [0, 0.05) is 18.7 Å². The Labute approximate surface area is 189 Å². The molecule has 4 aromatic rings. The van der Waals surface area contributed by atoms with Crippen molar-refractivity contribution in [3.05, 3.63) is 60.2 Å². The molecular formula is C22H22N6O3S. The van der Waals surface area contributed by atoms with E-state index >= 15 is 0 Å². The zero-order valence-electron chi connectivity index (χ0n) is 17.7. The van der Waals surface area contributed by atoms with Crippen molar-refractivity contribution < 1.29 is 14.1 Å². The van der Waals surface area contributed by atoms with Gasteiger partial charge < -0.3 is 14.6 Å². The molecule has 164 valence electrons. The van der Waals surface area contributed by atoms with Crippen LogP contribution in [-0.4, -0.2) is 43.7 Å². The van der Waals surface area contributed by atoms with Gasteiger partial charge in [0.15, 0.2) is 5.16 Å². The molecule has 0 bridgehead atoms. The predicted molar refractivity (Wildman–Crippen MR) is 120 cm³/mol. The lowest BCUT2D eigenvalue weighted by molar-refractivity contribution is -0.118. The van der Waals surface area contributed by atoms with Crippen LogP contribution in [0.25, 0.3) is 23.1 Å². The van der Waals surface area contributed by atoms with Crippen molar-refractivity contribution >= 4 is 17.7 Å². The number of ether oxygens (including phenoxy) is 1. The highest BCUT2D eigenvalue weighted by Gasteiger charge is 2.20. The van der Waals surface area contributed by atoms with E-state index in [0.717, 1.165) is 16.9 Å². The van der Waals surface area contributed by atoms with Gasteiger partial charge in [-0.05, 0) is 36.8 Å². The van der Waals surface area contributed by atoms with Crippen molar-refractivity contribution in [3.63, 3.8) is 0 Å². The van der Waals surface area contributed by atoms with Crippen LogP contribution in [0, 0.1) is 0 Å². The van der Waals surface area contributed by atoms with E-state index in [2.05, 4.69) is 25.7 Å². The molecule has 0 saturated heterocycles. The average molecular weight is 451 g/mol. The molecule has 2 aromatic heterocycles. The summed E-state index contributed by atoms with van der Waals surface area (Å²) in [6.07, 6.45) is 0. The lowest BCUT2D eigenvalue weighted by atomic mass is 10.2. The molecule has 0 unspecified atom stereocenters. The number of carbonyl (C=O) groups excluding carboxylic acids is 1. The van der Waals surface area contributed by atoms with Crippen LogP contribution in [0.4, 0.5) is 0 Å².